The first-order chi connectivity index (χ1) is 9.06. The number of ether oxygens (including phenoxy) is 1. The summed E-state index contributed by atoms with van der Waals surface area (Å²) in [6.45, 7) is 5.54. The highest BCUT2D eigenvalue weighted by atomic mass is 16.5. The van der Waals surface area contributed by atoms with Crippen LogP contribution in [0.3, 0.4) is 0 Å². The molecule has 1 aromatic heterocycles. The van der Waals surface area contributed by atoms with Gasteiger partial charge in [0, 0.05) is 5.92 Å². The molecule has 5 heteroatoms. The van der Waals surface area contributed by atoms with Gasteiger partial charge in [0.05, 0.1) is 12.8 Å². The maximum absolute atomic E-state index is 12.0. The van der Waals surface area contributed by atoms with Gasteiger partial charge in [-0.05, 0) is 19.1 Å². The minimum Gasteiger partial charge on any atom is -0.494 e. The van der Waals surface area contributed by atoms with Crippen molar-refractivity contribution in [3.8, 4) is 11.4 Å². The minimum absolute atomic E-state index is 0.00125. The lowest BCUT2D eigenvalue weighted by Crippen LogP contribution is -2.10. The number of hydrogen-bond donors (Lipinski definition) is 0. The fraction of sp³-hybridized carbons (Fsp3) is 0.357. The largest absolute Gasteiger partial charge is 0.494 e. The summed E-state index contributed by atoms with van der Waals surface area (Å²) in [5, 5.41) is 8.06. The number of para-hydroxylation sites is 2. The van der Waals surface area contributed by atoms with Gasteiger partial charge >= 0.3 is 0 Å². The third-order valence-corrected chi connectivity index (χ3v) is 2.97. The van der Waals surface area contributed by atoms with E-state index < -0.39 is 0 Å². The number of ketones is 1. The van der Waals surface area contributed by atoms with Crippen LogP contribution in [-0.4, -0.2) is 27.9 Å². The van der Waals surface area contributed by atoms with E-state index in [0.717, 1.165) is 11.4 Å². The van der Waals surface area contributed by atoms with E-state index in [1.165, 1.54) is 0 Å². The number of nitrogens with zero attached hydrogens (tertiary/aromatic N) is 3. The van der Waals surface area contributed by atoms with Gasteiger partial charge < -0.3 is 4.74 Å². The lowest BCUT2D eigenvalue weighted by atomic mass is 10.1. The maximum Gasteiger partial charge on any atom is 0.187 e. The highest BCUT2D eigenvalue weighted by molar-refractivity contribution is 5.96. The van der Waals surface area contributed by atoms with Crippen LogP contribution in [0, 0.1) is 12.8 Å². The van der Waals surface area contributed by atoms with Gasteiger partial charge in [0.25, 0.3) is 0 Å². The Morgan fingerprint density at radius 3 is 2.63 bits per heavy atom. The van der Waals surface area contributed by atoms with Gasteiger partial charge in [0.15, 0.2) is 11.5 Å². The lowest BCUT2D eigenvalue weighted by molar-refractivity contribution is 0.0933. The second kappa shape index (κ2) is 5.22. The van der Waals surface area contributed by atoms with E-state index in [4.69, 9.17) is 4.74 Å². The SMILES string of the molecule is COc1ccccc1-n1nnc(C(=O)C(C)C)c1C. The highest BCUT2D eigenvalue weighted by Crippen LogP contribution is 2.23. The van der Waals surface area contributed by atoms with Crippen molar-refractivity contribution in [1.29, 1.82) is 0 Å². The van der Waals surface area contributed by atoms with E-state index >= 15 is 0 Å². The van der Waals surface area contributed by atoms with E-state index in [-0.39, 0.29) is 11.7 Å². The Balaban J connectivity index is 2.51. The smallest absolute Gasteiger partial charge is 0.187 e. The minimum atomic E-state index is -0.0958. The van der Waals surface area contributed by atoms with E-state index in [1.54, 1.807) is 11.8 Å². The molecule has 0 aliphatic carbocycles. The number of hydrogen-bond acceptors (Lipinski definition) is 4. The first-order valence-corrected chi connectivity index (χ1v) is 6.16. The Kier molecular flexibility index (Phi) is 3.64. The van der Waals surface area contributed by atoms with E-state index in [9.17, 15) is 4.79 Å². The quantitative estimate of drug-likeness (QED) is 0.791. The summed E-state index contributed by atoms with van der Waals surface area (Å²) in [4.78, 5) is 12.0. The Morgan fingerprint density at radius 1 is 1.32 bits per heavy atom. The predicted molar refractivity (Wildman–Crippen MR) is 71.8 cm³/mol. The summed E-state index contributed by atoms with van der Waals surface area (Å²) < 4.78 is 6.93. The summed E-state index contributed by atoms with van der Waals surface area (Å²) in [5.41, 5.74) is 1.92. The molecule has 2 aromatic rings. The zero-order valence-corrected chi connectivity index (χ0v) is 11.5. The molecule has 0 unspecified atom stereocenters. The fourth-order valence-corrected chi connectivity index (χ4v) is 1.86. The molecule has 2 rings (SSSR count). The number of aromatic nitrogens is 3. The van der Waals surface area contributed by atoms with Crippen molar-refractivity contribution >= 4 is 5.78 Å². The van der Waals surface area contributed by atoms with Crippen molar-refractivity contribution in [2.45, 2.75) is 20.8 Å². The highest BCUT2D eigenvalue weighted by Gasteiger charge is 2.20. The Hall–Kier alpha value is -2.17. The van der Waals surface area contributed by atoms with Gasteiger partial charge in [0.1, 0.15) is 11.4 Å². The van der Waals surface area contributed by atoms with Crippen molar-refractivity contribution < 1.29 is 9.53 Å². The van der Waals surface area contributed by atoms with Crippen LogP contribution in [0.5, 0.6) is 5.75 Å². The molecule has 0 aliphatic rings. The topological polar surface area (TPSA) is 57.0 Å². The van der Waals surface area contributed by atoms with Crippen molar-refractivity contribution in [2.24, 2.45) is 5.92 Å². The molecule has 0 radical (unpaired) electrons. The normalized spacial score (nSPS) is 10.8. The van der Waals surface area contributed by atoms with Gasteiger partial charge in [-0.3, -0.25) is 4.79 Å². The molecule has 19 heavy (non-hydrogen) atoms. The van der Waals surface area contributed by atoms with Crippen LogP contribution in [-0.2, 0) is 0 Å². The van der Waals surface area contributed by atoms with Gasteiger partial charge in [-0.1, -0.05) is 31.2 Å². The number of benzene rings is 1. The van der Waals surface area contributed by atoms with Crippen LogP contribution in [0.2, 0.25) is 0 Å². The molecule has 0 amide bonds. The molecule has 0 spiro atoms. The molecule has 0 saturated heterocycles. The fourth-order valence-electron chi connectivity index (χ4n) is 1.86. The second-order valence-corrected chi connectivity index (χ2v) is 4.63. The van der Waals surface area contributed by atoms with Crippen molar-refractivity contribution in [1.82, 2.24) is 15.0 Å². The molecule has 0 bridgehead atoms. The molecule has 0 saturated carbocycles. The van der Waals surface area contributed by atoms with Gasteiger partial charge in [-0.2, -0.15) is 0 Å². The van der Waals surface area contributed by atoms with E-state index in [1.807, 2.05) is 45.0 Å². The molecule has 1 heterocycles. The molecule has 100 valence electrons. The average molecular weight is 259 g/mol. The Morgan fingerprint density at radius 2 is 2.00 bits per heavy atom. The summed E-state index contributed by atoms with van der Waals surface area (Å²) in [6, 6.07) is 7.50. The first-order valence-electron chi connectivity index (χ1n) is 6.16. The van der Waals surface area contributed by atoms with Crippen molar-refractivity contribution in [2.75, 3.05) is 7.11 Å². The summed E-state index contributed by atoms with van der Waals surface area (Å²) in [5.74, 6) is 0.596. The lowest BCUT2D eigenvalue weighted by Gasteiger charge is -2.09. The third kappa shape index (κ3) is 2.36. The second-order valence-electron chi connectivity index (χ2n) is 4.63. The van der Waals surface area contributed by atoms with Crippen molar-refractivity contribution in [3.63, 3.8) is 0 Å². The van der Waals surface area contributed by atoms with Crippen LogP contribution in [0.4, 0.5) is 0 Å². The Labute approximate surface area is 112 Å². The zero-order valence-electron chi connectivity index (χ0n) is 11.5. The summed E-state index contributed by atoms with van der Waals surface area (Å²) >= 11 is 0. The molecular formula is C14H17N3O2. The molecule has 0 aliphatic heterocycles. The van der Waals surface area contributed by atoms with E-state index in [2.05, 4.69) is 10.3 Å². The van der Waals surface area contributed by atoms with Crippen LogP contribution < -0.4 is 4.74 Å². The molecule has 5 nitrogen and oxygen atoms in total. The summed E-state index contributed by atoms with van der Waals surface area (Å²) in [7, 11) is 1.60. The summed E-state index contributed by atoms with van der Waals surface area (Å²) in [6.07, 6.45) is 0. The third-order valence-electron chi connectivity index (χ3n) is 2.97. The number of carbonyl (C=O) groups is 1. The number of carbonyl (C=O) groups excluding carboxylic acids is 1. The van der Waals surface area contributed by atoms with Crippen LogP contribution in [0.1, 0.15) is 30.0 Å². The van der Waals surface area contributed by atoms with Crippen LogP contribution in [0.15, 0.2) is 24.3 Å². The molecule has 0 fully saturated rings. The molecular weight excluding hydrogens is 242 g/mol. The average Bonchev–Trinajstić information content (AvgIpc) is 2.79. The Bertz CT molecular complexity index is 602. The maximum atomic E-state index is 12.0. The standard InChI is InChI=1S/C14H17N3O2/c1-9(2)14(18)13-10(3)17(16-15-13)11-7-5-6-8-12(11)19-4/h5-9H,1-4H3. The van der Waals surface area contributed by atoms with E-state index in [0.29, 0.717) is 11.4 Å². The number of rotatable bonds is 4. The molecule has 0 N–H and O–H groups in total. The number of methoxy groups -OCH3 is 1. The van der Waals surface area contributed by atoms with Crippen LogP contribution >= 0.6 is 0 Å². The molecule has 0 atom stereocenters. The first kappa shape index (κ1) is 13.3. The van der Waals surface area contributed by atoms with Crippen LogP contribution in [0.25, 0.3) is 5.69 Å². The number of Topliss-reactive ketones (excluding diaryl/α,β-unsaturated/α-hetero) is 1. The molecule has 1 aromatic carbocycles. The van der Waals surface area contributed by atoms with Gasteiger partial charge in [0.2, 0.25) is 0 Å². The van der Waals surface area contributed by atoms with Gasteiger partial charge in [-0.15, -0.1) is 5.10 Å². The predicted octanol–water partition coefficient (Wildman–Crippen LogP) is 2.42. The monoisotopic (exact) mass is 259 g/mol. The zero-order chi connectivity index (χ0) is 14.0. The van der Waals surface area contributed by atoms with Gasteiger partial charge in [-0.25, -0.2) is 4.68 Å². The van der Waals surface area contributed by atoms with Crippen molar-refractivity contribution in [3.05, 3.63) is 35.7 Å².